The molecule has 0 aliphatic carbocycles. The highest BCUT2D eigenvalue weighted by molar-refractivity contribution is 6.00. The Hall–Kier alpha value is -3.16. The average molecular weight is 374 g/mol. The van der Waals surface area contributed by atoms with Gasteiger partial charge in [0.2, 0.25) is 0 Å². The van der Waals surface area contributed by atoms with Crippen LogP contribution in [-0.4, -0.2) is 38.5 Å². The number of rotatable bonds is 6. The number of carbonyl (C=O) groups is 2. The van der Waals surface area contributed by atoms with Crippen LogP contribution >= 0.6 is 0 Å². The van der Waals surface area contributed by atoms with E-state index in [1.165, 1.54) is 18.2 Å². The molecule has 0 bridgehead atoms. The van der Waals surface area contributed by atoms with E-state index in [1.54, 1.807) is 38.7 Å². The number of carboxylic acid groups (broad SMARTS) is 2. The first kappa shape index (κ1) is 20.2. The molecule has 8 nitrogen and oxygen atoms in total. The van der Waals surface area contributed by atoms with E-state index in [9.17, 15) is 29.9 Å². The van der Waals surface area contributed by atoms with Crippen molar-refractivity contribution in [2.75, 3.05) is 6.54 Å². The van der Waals surface area contributed by atoms with Gasteiger partial charge in [-0.25, -0.2) is 9.59 Å². The molecule has 0 unspecified atom stereocenters. The Balaban J connectivity index is 3.00. The van der Waals surface area contributed by atoms with E-state index in [-0.39, 0.29) is 28.8 Å². The Labute approximate surface area is 156 Å². The minimum Gasteiger partial charge on any atom is -0.478 e. The van der Waals surface area contributed by atoms with E-state index in [0.29, 0.717) is 17.9 Å². The highest BCUT2D eigenvalue weighted by Gasteiger charge is 2.50. The van der Waals surface area contributed by atoms with Crippen molar-refractivity contribution in [3.8, 4) is 0 Å². The van der Waals surface area contributed by atoms with Crippen LogP contribution < -0.4 is 0 Å². The highest BCUT2D eigenvalue weighted by atomic mass is 16.6. The van der Waals surface area contributed by atoms with Crippen LogP contribution in [-0.2, 0) is 15.0 Å². The van der Waals surface area contributed by atoms with Crippen LogP contribution in [0.15, 0.2) is 46.8 Å². The quantitative estimate of drug-likeness (QED) is 0.579. The summed E-state index contributed by atoms with van der Waals surface area (Å²) in [5.41, 5.74) is -0.720. The number of benzene rings is 1. The SMILES string of the molecule is CCN1C(C)=C(C(=O)O)C(CC)(c2cccc([N+](=O)[O-])c2)C(C(=O)O)=C1C. The first-order valence-electron chi connectivity index (χ1n) is 8.55. The van der Waals surface area contributed by atoms with Gasteiger partial charge in [-0.2, -0.15) is 0 Å². The fourth-order valence-electron chi connectivity index (χ4n) is 4.14. The fourth-order valence-corrected chi connectivity index (χ4v) is 4.14. The summed E-state index contributed by atoms with van der Waals surface area (Å²) in [5.74, 6) is -2.49. The van der Waals surface area contributed by atoms with Gasteiger partial charge in [0.15, 0.2) is 0 Å². The lowest BCUT2D eigenvalue weighted by molar-refractivity contribution is -0.385. The smallest absolute Gasteiger partial charge is 0.334 e. The van der Waals surface area contributed by atoms with E-state index < -0.39 is 22.3 Å². The van der Waals surface area contributed by atoms with Crippen molar-refractivity contribution < 1.29 is 24.7 Å². The fraction of sp³-hybridized carbons (Fsp3) is 0.368. The van der Waals surface area contributed by atoms with E-state index in [0.717, 1.165) is 0 Å². The second-order valence-electron chi connectivity index (χ2n) is 6.34. The summed E-state index contributed by atoms with van der Waals surface area (Å²) in [6.45, 7) is 7.17. The monoisotopic (exact) mass is 374 g/mol. The number of nitrogens with zero attached hydrogens (tertiary/aromatic N) is 2. The van der Waals surface area contributed by atoms with Crippen LogP contribution in [0.3, 0.4) is 0 Å². The molecule has 2 rings (SSSR count). The second-order valence-corrected chi connectivity index (χ2v) is 6.34. The highest BCUT2D eigenvalue weighted by Crippen LogP contribution is 2.49. The molecule has 1 aromatic carbocycles. The van der Waals surface area contributed by atoms with Gasteiger partial charge in [-0.3, -0.25) is 10.1 Å². The first-order valence-corrected chi connectivity index (χ1v) is 8.55. The minimum atomic E-state index is -1.50. The number of aliphatic carboxylic acids is 2. The van der Waals surface area contributed by atoms with Gasteiger partial charge in [-0.1, -0.05) is 19.1 Å². The summed E-state index contributed by atoms with van der Waals surface area (Å²) >= 11 is 0. The largest absolute Gasteiger partial charge is 0.478 e. The van der Waals surface area contributed by atoms with Crippen molar-refractivity contribution in [1.29, 1.82) is 0 Å². The van der Waals surface area contributed by atoms with E-state index in [1.807, 2.05) is 0 Å². The van der Waals surface area contributed by atoms with Gasteiger partial charge in [0.05, 0.1) is 21.5 Å². The third-order valence-corrected chi connectivity index (χ3v) is 5.21. The van der Waals surface area contributed by atoms with Crippen molar-refractivity contribution in [2.45, 2.75) is 39.5 Å². The molecule has 0 atom stereocenters. The zero-order valence-electron chi connectivity index (χ0n) is 15.6. The van der Waals surface area contributed by atoms with Gasteiger partial charge in [0, 0.05) is 30.1 Å². The van der Waals surface area contributed by atoms with Crippen LogP contribution in [0.25, 0.3) is 0 Å². The molecule has 0 saturated heterocycles. The summed E-state index contributed by atoms with van der Waals surface area (Å²) in [6.07, 6.45) is 0.129. The molecule has 0 amide bonds. The molecular formula is C19H22N2O6. The Kier molecular flexibility index (Phi) is 5.39. The molecule has 8 heteroatoms. The number of carboxylic acids is 2. The predicted molar refractivity (Wildman–Crippen MR) is 98.1 cm³/mol. The van der Waals surface area contributed by atoms with Crippen LogP contribution in [0.1, 0.15) is 39.7 Å². The molecule has 1 aromatic rings. The van der Waals surface area contributed by atoms with Crippen LogP contribution in [0.5, 0.6) is 0 Å². The Morgan fingerprint density at radius 3 is 2.00 bits per heavy atom. The minimum absolute atomic E-state index is 0.0738. The normalized spacial score (nSPS) is 16.5. The van der Waals surface area contributed by atoms with Gasteiger partial charge in [0.1, 0.15) is 0 Å². The molecular weight excluding hydrogens is 352 g/mol. The number of nitro groups is 1. The third-order valence-electron chi connectivity index (χ3n) is 5.21. The lowest BCUT2D eigenvalue weighted by Crippen LogP contribution is -2.45. The lowest BCUT2D eigenvalue weighted by Gasteiger charge is -2.44. The van der Waals surface area contributed by atoms with Crippen LogP contribution in [0.2, 0.25) is 0 Å². The maximum atomic E-state index is 12.2. The first-order chi connectivity index (χ1) is 12.6. The van der Waals surface area contributed by atoms with E-state index >= 15 is 0 Å². The Morgan fingerprint density at radius 1 is 1.11 bits per heavy atom. The van der Waals surface area contributed by atoms with Crippen molar-refractivity contribution in [3.63, 3.8) is 0 Å². The van der Waals surface area contributed by atoms with Gasteiger partial charge in [0.25, 0.3) is 5.69 Å². The third kappa shape index (κ3) is 2.97. The number of non-ortho nitro benzene ring substituents is 1. The molecule has 2 N–H and O–H groups in total. The topological polar surface area (TPSA) is 121 Å². The Bertz CT molecular complexity index is 846. The van der Waals surface area contributed by atoms with E-state index in [2.05, 4.69) is 0 Å². The summed E-state index contributed by atoms with van der Waals surface area (Å²) in [7, 11) is 0. The van der Waals surface area contributed by atoms with Crippen molar-refractivity contribution in [1.82, 2.24) is 4.90 Å². The molecule has 144 valence electrons. The Morgan fingerprint density at radius 2 is 1.63 bits per heavy atom. The van der Waals surface area contributed by atoms with E-state index in [4.69, 9.17) is 0 Å². The van der Waals surface area contributed by atoms with Gasteiger partial charge in [-0.15, -0.1) is 0 Å². The summed E-state index contributed by atoms with van der Waals surface area (Å²) in [4.78, 5) is 36.8. The van der Waals surface area contributed by atoms with Crippen molar-refractivity contribution in [3.05, 3.63) is 62.5 Å². The maximum Gasteiger partial charge on any atom is 0.334 e. The molecule has 0 radical (unpaired) electrons. The zero-order chi connectivity index (χ0) is 20.5. The number of nitro benzene ring substituents is 1. The van der Waals surface area contributed by atoms with Gasteiger partial charge >= 0.3 is 11.9 Å². The molecule has 0 aromatic heterocycles. The van der Waals surface area contributed by atoms with Crippen LogP contribution in [0, 0.1) is 10.1 Å². The summed E-state index contributed by atoms with van der Waals surface area (Å²) in [5, 5.41) is 31.2. The molecule has 0 fully saturated rings. The van der Waals surface area contributed by atoms with Crippen LogP contribution in [0.4, 0.5) is 5.69 Å². The van der Waals surface area contributed by atoms with Crippen molar-refractivity contribution in [2.24, 2.45) is 0 Å². The summed E-state index contributed by atoms with van der Waals surface area (Å²) < 4.78 is 0. The van der Waals surface area contributed by atoms with Crippen molar-refractivity contribution >= 4 is 17.6 Å². The standard InChI is InChI=1S/C19H22N2O6/c1-5-19(13-8-7-9-14(10-13)21(26)27)15(17(22)23)11(3)20(6-2)12(4)16(19)18(24)25/h7-10H,5-6H2,1-4H3,(H,22,23)(H,24,25). The number of allylic oxidation sites excluding steroid dienone is 2. The molecule has 0 spiro atoms. The second kappa shape index (κ2) is 7.22. The zero-order valence-corrected chi connectivity index (χ0v) is 15.6. The van der Waals surface area contributed by atoms with Gasteiger partial charge in [-0.05, 0) is 32.8 Å². The van der Waals surface area contributed by atoms with Gasteiger partial charge < -0.3 is 15.1 Å². The summed E-state index contributed by atoms with van der Waals surface area (Å²) in [6, 6.07) is 5.55. The molecule has 27 heavy (non-hydrogen) atoms. The number of hydrogen-bond acceptors (Lipinski definition) is 5. The lowest BCUT2D eigenvalue weighted by atomic mass is 9.64. The average Bonchev–Trinajstić information content (AvgIpc) is 2.60. The maximum absolute atomic E-state index is 12.2. The molecule has 1 aliphatic rings. The predicted octanol–water partition coefficient (Wildman–Crippen LogP) is 3.30. The molecule has 1 aliphatic heterocycles. The molecule has 0 saturated carbocycles. The number of hydrogen-bond donors (Lipinski definition) is 2. The molecule has 1 heterocycles.